The van der Waals surface area contributed by atoms with Crippen LogP contribution in [-0.4, -0.2) is 10.9 Å². The zero-order valence-corrected chi connectivity index (χ0v) is 8.39. The summed E-state index contributed by atoms with van der Waals surface area (Å²) in [4.78, 5) is 15.0. The molecule has 5 heteroatoms. The number of nitrogens with zero attached hydrogens (tertiary/aromatic N) is 1. The number of aromatic nitrogens is 1. The van der Waals surface area contributed by atoms with Crippen LogP contribution in [0.4, 0.5) is 10.8 Å². The van der Waals surface area contributed by atoms with Crippen LogP contribution in [0.25, 0.3) is 10.2 Å². The lowest BCUT2D eigenvalue weighted by Crippen LogP contribution is -2.04. The minimum atomic E-state index is -0.114. The van der Waals surface area contributed by atoms with Crippen molar-refractivity contribution in [2.45, 2.75) is 6.92 Å². The molecular formula is C9H9N3OS. The molecule has 1 heterocycles. The fourth-order valence-corrected chi connectivity index (χ4v) is 2.04. The standard InChI is InChI=1S/C9H9N3OS/c1-5(13)11-9-12-7-4-6(10)2-3-8(7)14-9/h2-4H,10H2,1H3,(H,11,12,13). The summed E-state index contributed by atoms with van der Waals surface area (Å²) in [5.41, 5.74) is 7.11. The van der Waals surface area contributed by atoms with Crippen molar-refractivity contribution in [3.8, 4) is 0 Å². The summed E-state index contributed by atoms with van der Waals surface area (Å²) in [6.07, 6.45) is 0. The van der Waals surface area contributed by atoms with E-state index in [2.05, 4.69) is 10.3 Å². The Morgan fingerprint density at radius 1 is 1.57 bits per heavy atom. The molecule has 0 radical (unpaired) electrons. The first-order chi connectivity index (χ1) is 6.65. The van der Waals surface area contributed by atoms with Gasteiger partial charge in [0.2, 0.25) is 5.91 Å². The van der Waals surface area contributed by atoms with Crippen LogP contribution < -0.4 is 11.1 Å². The van der Waals surface area contributed by atoms with Crippen molar-refractivity contribution in [1.29, 1.82) is 0 Å². The lowest BCUT2D eigenvalue weighted by Gasteiger charge is -1.91. The highest BCUT2D eigenvalue weighted by Gasteiger charge is 2.04. The van der Waals surface area contributed by atoms with Gasteiger partial charge in [-0.15, -0.1) is 0 Å². The number of benzene rings is 1. The second-order valence-corrected chi connectivity index (χ2v) is 3.96. The van der Waals surface area contributed by atoms with E-state index in [0.29, 0.717) is 10.8 Å². The van der Waals surface area contributed by atoms with Gasteiger partial charge in [0, 0.05) is 12.6 Å². The van der Waals surface area contributed by atoms with Gasteiger partial charge in [-0.25, -0.2) is 4.98 Å². The number of hydrogen-bond donors (Lipinski definition) is 2. The fourth-order valence-electron chi connectivity index (χ4n) is 1.15. The number of nitrogens with one attached hydrogen (secondary N) is 1. The van der Waals surface area contributed by atoms with Crippen molar-refractivity contribution in [1.82, 2.24) is 4.98 Å². The average molecular weight is 207 g/mol. The van der Waals surface area contributed by atoms with Crippen LogP contribution in [0.2, 0.25) is 0 Å². The van der Waals surface area contributed by atoms with E-state index in [1.165, 1.54) is 18.3 Å². The van der Waals surface area contributed by atoms with Crippen molar-refractivity contribution in [2.24, 2.45) is 0 Å². The minimum absolute atomic E-state index is 0.114. The summed E-state index contributed by atoms with van der Waals surface area (Å²) in [5, 5.41) is 3.25. The maximum atomic E-state index is 10.8. The number of hydrogen-bond acceptors (Lipinski definition) is 4. The molecule has 1 amide bonds. The van der Waals surface area contributed by atoms with Crippen LogP contribution in [-0.2, 0) is 4.79 Å². The van der Waals surface area contributed by atoms with Crippen LogP contribution >= 0.6 is 11.3 Å². The molecule has 0 saturated heterocycles. The average Bonchev–Trinajstić information content (AvgIpc) is 2.44. The number of nitrogen functional groups attached to an aromatic ring is 1. The van der Waals surface area contributed by atoms with E-state index in [9.17, 15) is 4.79 Å². The number of amides is 1. The predicted octanol–water partition coefficient (Wildman–Crippen LogP) is 1.84. The molecule has 0 aliphatic carbocycles. The van der Waals surface area contributed by atoms with Gasteiger partial charge in [0.05, 0.1) is 10.2 Å². The number of anilines is 2. The molecule has 1 aromatic heterocycles. The zero-order valence-electron chi connectivity index (χ0n) is 7.57. The minimum Gasteiger partial charge on any atom is -0.399 e. The molecule has 4 nitrogen and oxygen atoms in total. The van der Waals surface area contributed by atoms with Crippen molar-refractivity contribution in [2.75, 3.05) is 11.1 Å². The Hall–Kier alpha value is -1.62. The summed E-state index contributed by atoms with van der Waals surface area (Å²) in [7, 11) is 0. The van der Waals surface area contributed by atoms with Gasteiger partial charge >= 0.3 is 0 Å². The second kappa shape index (κ2) is 3.26. The Bertz CT molecular complexity index is 492. The van der Waals surface area contributed by atoms with E-state index in [1.54, 1.807) is 6.07 Å². The monoisotopic (exact) mass is 207 g/mol. The van der Waals surface area contributed by atoms with Gasteiger partial charge in [0.25, 0.3) is 0 Å². The molecule has 0 fully saturated rings. The van der Waals surface area contributed by atoms with Gasteiger partial charge in [-0.2, -0.15) is 0 Å². The van der Waals surface area contributed by atoms with Crippen molar-refractivity contribution in [3.63, 3.8) is 0 Å². The summed E-state index contributed by atoms with van der Waals surface area (Å²) >= 11 is 1.44. The molecule has 0 unspecified atom stereocenters. The molecule has 72 valence electrons. The van der Waals surface area contributed by atoms with Crippen LogP contribution in [0.1, 0.15) is 6.92 Å². The first kappa shape index (κ1) is 8.96. The molecule has 0 atom stereocenters. The maximum Gasteiger partial charge on any atom is 0.223 e. The Kier molecular flexibility index (Phi) is 2.09. The third kappa shape index (κ3) is 1.67. The first-order valence-electron chi connectivity index (χ1n) is 4.09. The smallest absolute Gasteiger partial charge is 0.223 e. The molecule has 3 N–H and O–H groups in total. The molecule has 2 aromatic rings. The van der Waals surface area contributed by atoms with Gasteiger partial charge < -0.3 is 11.1 Å². The molecule has 2 rings (SSSR count). The largest absolute Gasteiger partial charge is 0.399 e. The summed E-state index contributed by atoms with van der Waals surface area (Å²) in [6.45, 7) is 1.46. The highest BCUT2D eigenvalue weighted by molar-refractivity contribution is 7.22. The van der Waals surface area contributed by atoms with E-state index in [0.717, 1.165) is 10.2 Å². The lowest BCUT2D eigenvalue weighted by atomic mass is 10.3. The van der Waals surface area contributed by atoms with Crippen LogP contribution in [0, 0.1) is 0 Å². The second-order valence-electron chi connectivity index (χ2n) is 2.93. The highest BCUT2D eigenvalue weighted by atomic mass is 32.1. The van der Waals surface area contributed by atoms with E-state index in [1.807, 2.05) is 12.1 Å². The zero-order chi connectivity index (χ0) is 10.1. The Balaban J connectivity index is 2.46. The molecule has 14 heavy (non-hydrogen) atoms. The van der Waals surface area contributed by atoms with E-state index in [-0.39, 0.29) is 5.91 Å². The number of fused-ring (bicyclic) bond motifs is 1. The highest BCUT2D eigenvalue weighted by Crippen LogP contribution is 2.26. The lowest BCUT2D eigenvalue weighted by molar-refractivity contribution is -0.114. The van der Waals surface area contributed by atoms with Crippen LogP contribution in [0.3, 0.4) is 0 Å². The van der Waals surface area contributed by atoms with Gasteiger partial charge in [-0.1, -0.05) is 11.3 Å². The third-order valence-corrected chi connectivity index (χ3v) is 2.65. The Morgan fingerprint density at radius 2 is 2.36 bits per heavy atom. The van der Waals surface area contributed by atoms with Gasteiger partial charge in [-0.3, -0.25) is 4.79 Å². The molecular weight excluding hydrogens is 198 g/mol. The van der Waals surface area contributed by atoms with E-state index >= 15 is 0 Å². The molecule has 0 aliphatic heterocycles. The number of nitrogens with two attached hydrogens (primary N) is 1. The Labute approximate surface area is 84.8 Å². The number of carbonyl (C=O) groups is 1. The molecule has 0 aliphatic rings. The third-order valence-electron chi connectivity index (χ3n) is 1.69. The SMILES string of the molecule is CC(=O)Nc1nc2cc(N)ccc2s1. The van der Waals surface area contributed by atoms with Crippen molar-refractivity contribution in [3.05, 3.63) is 18.2 Å². The molecule has 0 saturated carbocycles. The van der Waals surface area contributed by atoms with E-state index in [4.69, 9.17) is 5.73 Å². The van der Waals surface area contributed by atoms with Gasteiger partial charge in [0.1, 0.15) is 0 Å². The van der Waals surface area contributed by atoms with Crippen LogP contribution in [0.5, 0.6) is 0 Å². The number of rotatable bonds is 1. The predicted molar refractivity (Wildman–Crippen MR) is 58.3 cm³/mol. The molecule has 0 bridgehead atoms. The number of thiazole rings is 1. The molecule has 1 aromatic carbocycles. The number of carbonyl (C=O) groups excluding carboxylic acids is 1. The Morgan fingerprint density at radius 3 is 3.07 bits per heavy atom. The maximum absolute atomic E-state index is 10.8. The van der Waals surface area contributed by atoms with Crippen molar-refractivity contribution < 1.29 is 4.79 Å². The van der Waals surface area contributed by atoms with Gasteiger partial charge in [0.15, 0.2) is 5.13 Å². The van der Waals surface area contributed by atoms with Gasteiger partial charge in [-0.05, 0) is 18.2 Å². The van der Waals surface area contributed by atoms with Crippen molar-refractivity contribution >= 4 is 38.3 Å². The first-order valence-corrected chi connectivity index (χ1v) is 4.90. The summed E-state index contributed by atoms with van der Waals surface area (Å²) in [6, 6.07) is 5.50. The van der Waals surface area contributed by atoms with E-state index < -0.39 is 0 Å². The summed E-state index contributed by atoms with van der Waals surface area (Å²) < 4.78 is 1.02. The molecule has 0 spiro atoms. The normalized spacial score (nSPS) is 10.4. The van der Waals surface area contributed by atoms with Crippen LogP contribution in [0.15, 0.2) is 18.2 Å². The topological polar surface area (TPSA) is 68.0 Å². The quantitative estimate of drug-likeness (QED) is 0.701. The summed E-state index contributed by atoms with van der Waals surface area (Å²) in [5.74, 6) is -0.114. The fraction of sp³-hybridized carbons (Fsp3) is 0.111.